The number of nitrogens with zero attached hydrogens (tertiary/aromatic N) is 7. The maximum atomic E-state index is 5.82. The molecule has 0 spiro atoms. The molecule has 1 fully saturated rings. The fourth-order valence-corrected chi connectivity index (χ4v) is 2.43. The zero-order chi connectivity index (χ0) is 15.5. The summed E-state index contributed by atoms with van der Waals surface area (Å²) in [4.78, 5) is 14.8. The summed E-state index contributed by atoms with van der Waals surface area (Å²) < 4.78 is 0. The molecule has 3 heterocycles. The van der Waals surface area contributed by atoms with Crippen LogP contribution < -0.4 is 14.7 Å². The van der Waals surface area contributed by atoms with Crippen molar-refractivity contribution in [2.24, 2.45) is 0 Å². The Bertz CT molecular complexity index is 606. The average Bonchev–Trinajstić information content (AvgIpc) is 2.56. The molecule has 0 saturated carbocycles. The molecule has 1 aliphatic heterocycles. The van der Waals surface area contributed by atoms with Crippen LogP contribution in [0.15, 0.2) is 24.5 Å². The number of hydrogen-bond acceptors (Lipinski definition) is 7. The Kier molecular flexibility index (Phi) is 4.24. The standard InChI is InChI=1S/C14H18ClN7/c1-20(2)12-3-4-13(19-18-12)21-5-7-22(8-6-21)14-16-9-11(15)10-17-14/h3-4,9-10H,5-8H2,1-2H3. The maximum absolute atomic E-state index is 5.82. The highest BCUT2D eigenvalue weighted by molar-refractivity contribution is 6.30. The quantitative estimate of drug-likeness (QED) is 0.845. The molecule has 0 aromatic carbocycles. The molecule has 0 aliphatic carbocycles. The molecule has 116 valence electrons. The first-order chi connectivity index (χ1) is 10.6. The molecule has 1 saturated heterocycles. The third kappa shape index (κ3) is 3.19. The van der Waals surface area contributed by atoms with E-state index in [1.165, 1.54) is 0 Å². The van der Waals surface area contributed by atoms with Crippen LogP contribution >= 0.6 is 11.6 Å². The van der Waals surface area contributed by atoms with E-state index in [0.717, 1.165) is 43.8 Å². The Balaban J connectivity index is 1.62. The van der Waals surface area contributed by atoms with Crippen LogP contribution in [0.5, 0.6) is 0 Å². The van der Waals surface area contributed by atoms with Crippen LogP contribution in [-0.4, -0.2) is 60.4 Å². The summed E-state index contributed by atoms with van der Waals surface area (Å²) in [5, 5.41) is 9.08. The normalized spacial score (nSPS) is 15.0. The summed E-state index contributed by atoms with van der Waals surface area (Å²) in [6.07, 6.45) is 3.25. The van der Waals surface area contributed by atoms with Gasteiger partial charge < -0.3 is 14.7 Å². The van der Waals surface area contributed by atoms with Gasteiger partial charge in [0, 0.05) is 40.3 Å². The Morgan fingerprint density at radius 1 is 0.955 bits per heavy atom. The van der Waals surface area contributed by atoms with Crippen LogP contribution in [0.4, 0.5) is 17.6 Å². The van der Waals surface area contributed by atoms with Crippen molar-refractivity contribution >= 4 is 29.2 Å². The van der Waals surface area contributed by atoms with Gasteiger partial charge in [-0.3, -0.25) is 0 Å². The van der Waals surface area contributed by atoms with Gasteiger partial charge in [-0.25, -0.2) is 9.97 Å². The predicted octanol–water partition coefficient (Wildman–Crippen LogP) is 1.31. The lowest BCUT2D eigenvalue weighted by Gasteiger charge is -2.35. The minimum atomic E-state index is 0.554. The zero-order valence-corrected chi connectivity index (χ0v) is 13.4. The predicted molar refractivity (Wildman–Crippen MR) is 87.8 cm³/mol. The van der Waals surface area contributed by atoms with Crippen LogP contribution in [0.1, 0.15) is 0 Å². The van der Waals surface area contributed by atoms with Crippen LogP contribution in [-0.2, 0) is 0 Å². The lowest BCUT2D eigenvalue weighted by molar-refractivity contribution is 0.631. The summed E-state index contributed by atoms with van der Waals surface area (Å²) in [5.41, 5.74) is 0. The minimum Gasteiger partial charge on any atom is -0.361 e. The molecule has 2 aromatic heterocycles. The Morgan fingerprint density at radius 3 is 2.14 bits per heavy atom. The van der Waals surface area contributed by atoms with Gasteiger partial charge in [-0.2, -0.15) is 0 Å². The van der Waals surface area contributed by atoms with Crippen molar-refractivity contribution in [3.8, 4) is 0 Å². The van der Waals surface area contributed by atoms with Crippen molar-refractivity contribution in [3.63, 3.8) is 0 Å². The van der Waals surface area contributed by atoms with Crippen molar-refractivity contribution in [2.75, 3.05) is 55.0 Å². The molecule has 3 rings (SSSR count). The Morgan fingerprint density at radius 2 is 1.59 bits per heavy atom. The molecule has 0 unspecified atom stereocenters. The van der Waals surface area contributed by atoms with Crippen molar-refractivity contribution in [2.45, 2.75) is 0 Å². The number of halogens is 1. The molecule has 0 amide bonds. The summed E-state index contributed by atoms with van der Waals surface area (Å²) in [5.74, 6) is 2.48. The number of piperazine rings is 1. The number of anilines is 3. The van der Waals surface area contributed by atoms with Crippen molar-refractivity contribution < 1.29 is 0 Å². The Hall–Kier alpha value is -2.15. The van der Waals surface area contributed by atoms with E-state index in [0.29, 0.717) is 5.02 Å². The third-order valence-electron chi connectivity index (χ3n) is 3.59. The summed E-state index contributed by atoms with van der Waals surface area (Å²) >= 11 is 5.82. The largest absolute Gasteiger partial charge is 0.361 e. The summed E-state index contributed by atoms with van der Waals surface area (Å²) in [7, 11) is 3.91. The highest BCUT2D eigenvalue weighted by atomic mass is 35.5. The average molecular weight is 320 g/mol. The van der Waals surface area contributed by atoms with Gasteiger partial charge in [0.05, 0.1) is 17.4 Å². The van der Waals surface area contributed by atoms with Gasteiger partial charge in [-0.1, -0.05) is 11.6 Å². The number of rotatable bonds is 3. The molecule has 0 N–H and O–H groups in total. The van der Waals surface area contributed by atoms with E-state index < -0.39 is 0 Å². The van der Waals surface area contributed by atoms with E-state index in [4.69, 9.17) is 11.6 Å². The first-order valence-corrected chi connectivity index (χ1v) is 7.50. The van der Waals surface area contributed by atoms with Crippen molar-refractivity contribution in [3.05, 3.63) is 29.5 Å². The fourth-order valence-electron chi connectivity index (χ4n) is 2.33. The highest BCUT2D eigenvalue weighted by Crippen LogP contribution is 2.17. The molecule has 8 heteroatoms. The van der Waals surface area contributed by atoms with Gasteiger partial charge in [0.15, 0.2) is 11.6 Å². The molecular weight excluding hydrogens is 302 g/mol. The maximum Gasteiger partial charge on any atom is 0.225 e. The van der Waals surface area contributed by atoms with E-state index in [9.17, 15) is 0 Å². The molecule has 22 heavy (non-hydrogen) atoms. The smallest absolute Gasteiger partial charge is 0.225 e. The van der Waals surface area contributed by atoms with Gasteiger partial charge in [0.2, 0.25) is 5.95 Å². The van der Waals surface area contributed by atoms with Gasteiger partial charge in [0.25, 0.3) is 0 Å². The molecule has 0 bridgehead atoms. The van der Waals surface area contributed by atoms with Crippen molar-refractivity contribution in [1.29, 1.82) is 0 Å². The molecular formula is C14H18ClN7. The zero-order valence-electron chi connectivity index (χ0n) is 12.6. The fraction of sp³-hybridized carbons (Fsp3) is 0.429. The van der Waals surface area contributed by atoms with Gasteiger partial charge in [-0.15, -0.1) is 10.2 Å². The summed E-state index contributed by atoms with van der Waals surface area (Å²) in [6.45, 7) is 3.42. The molecule has 0 radical (unpaired) electrons. The van der Waals surface area contributed by atoms with Gasteiger partial charge in [0.1, 0.15) is 0 Å². The van der Waals surface area contributed by atoms with E-state index in [2.05, 4.69) is 30.0 Å². The van der Waals surface area contributed by atoms with Crippen LogP contribution in [0, 0.1) is 0 Å². The molecule has 1 aliphatic rings. The lowest BCUT2D eigenvalue weighted by Crippen LogP contribution is -2.47. The molecule has 7 nitrogen and oxygen atoms in total. The third-order valence-corrected chi connectivity index (χ3v) is 3.78. The molecule has 0 atom stereocenters. The topological polar surface area (TPSA) is 61.3 Å². The monoisotopic (exact) mass is 319 g/mol. The van der Waals surface area contributed by atoms with Crippen LogP contribution in [0.2, 0.25) is 5.02 Å². The lowest BCUT2D eigenvalue weighted by atomic mass is 10.3. The van der Waals surface area contributed by atoms with E-state index in [1.54, 1.807) is 12.4 Å². The van der Waals surface area contributed by atoms with Crippen LogP contribution in [0.3, 0.4) is 0 Å². The van der Waals surface area contributed by atoms with E-state index >= 15 is 0 Å². The first kappa shape index (κ1) is 14.8. The molecule has 2 aromatic rings. The second kappa shape index (κ2) is 6.31. The Labute approximate surface area is 134 Å². The minimum absolute atomic E-state index is 0.554. The van der Waals surface area contributed by atoms with Crippen molar-refractivity contribution in [1.82, 2.24) is 20.2 Å². The van der Waals surface area contributed by atoms with Gasteiger partial charge in [-0.05, 0) is 12.1 Å². The second-order valence-electron chi connectivity index (χ2n) is 5.32. The van der Waals surface area contributed by atoms with E-state index in [-0.39, 0.29) is 0 Å². The highest BCUT2D eigenvalue weighted by Gasteiger charge is 2.20. The SMILES string of the molecule is CN(C)c1ccc(N2CCN(c3ncc(Cl)cn3)CC2)nn1. The number of aromatic nitrogens is 4. The summed E-state index contributed by atoms with van der Waals surface area (Å²) in [6, 6.07) is 3.99. The second-order valence-corrected chi connectivity index (χ2v) is 5.76. The first-order valence-electron chi connectivity index (χ1n) is 7.12. The van der Waals surface area contributed by atoms with Crippen LogP contribution in [0.25, 0.3) is 0 Å². The number of hydrogen-bond donors (Lipinski definition) is 0. The van der Waals surface area contributed by atoms with Gasteiger partial charge >= 0.3 is 0 Å². The van der Waals surface area contributed by atoms with E-state index in [1.807, 2.05) is 31.1 Å².